The van der Waals surface area contributed by atoms with Gasteiger partial charge in [0, 0.05) is 18.9 Å². The summed E-state index contributed by atoms with van der Waals surface area (Å²) < 4.78 is 10.8. The van der Waals surface area contributed by atoms with Crippen molar-refractivity contribution in [3.8, 4) is 0 Å². The van der Waals surface area contributed by atoms with Gasteiger partial charge in [-0.3, -0.25) is 0 Å². The lowest BCUT2D eigenvalue weighted by Crippen LogP contribution is -2.31. The van der Waals surface area contributed by atoms with Gasteiger partial charge in [0.25, 0.3) is 0 Å². The maximum absolute atomic E-state index is 5.72. The number of ether oxygens (including phenoxy) is 1. The van der Waals surface area contributed by atoms with Gasteiger partial charge in [-0.15, -0.1) is 11.6 Å². The van der Waals surface area contributed by atoms with Crippen molar-refractivity contribution < 1.29 is 9.26 Å². The smallest absolute Gasteiger partial charge is 0.227 e. The van der Waals surface area contributed by atoms with E-state index >= 15 is 0 Å². The molecule has 0 radical (unpaired) electrons. The van der Waals surface area contributed by atoms with E-state index in [0.29, 0.717) is 24.0 Å². The lowest BCUT2D eigenvalue weighted by molar-refractivity contribution is -0.0770. The fourth-order valence-corrected chi connectivity index (χ4v) is 1.92. The molecule has 0 spiro atoms. The Morgan fingerprint density at radius 2 is 2.33 bits per heavy atom. The van der Waals surface area contributed by atoms with Crippen molar-refractivity contribution in [2.45, 2.75) is 38.2 Å². The molecule has 1 aromatic rings. The van der Waals surface area contributed by atoms with Crippen LogP contribution in [0, 0.1) is 0 Å². The predicted molar refractivity (Wildman–Crippen MR) is 55.9 cm³/mol. The van der Waals surface area contributed by atoms with Crippen LogP contribution in [0.1, 0.15) is 37.9 Å². The Morgan fingerprint density at radius 3 is 3.00 bits per heavy atom. The maximum Gasteiger partial charge on any atom is 0.227 e. The number of halogens is 1. The maximum atomic E-state index is 5.72. The summed E-state index contributed by atoms with van der Waals surface area (Å²) in [5, 5.41) is 3.96. The van der Waals surface area contributed by atoms with E-state index in [-0.39, 0.29) is 5.60 Å². The largest absolute Gasteiger partial charge is 0.367 e. The summed E-state index contributed by atoms with van der Waals surface area (Å²) in [6, 6.07) is 0. The molecule has 1 saturated heterocycles. The quantitative estimate of drug-likeness (QED) is 0.748. The van der Waals surface area contributed by atoms with E-state index < -0.39 is 0 Å². The third kappa shape index (κ3) is 2.32. The summed E-state index contributed by atoms with van der Waals surface area (Å²) in [5.74, 6) is 1.75. The Morgan fingerprint density at radius 1 is 1.47 bits per heavy atom. The van der Waals surface area contributed by atoms with Crippen molar-refractivity contribution in [3.63, 3.8) is 0 Å². The first-order valence-electron chi connectivity index (χ1n) is 5.27. The van der Waals surface area contributed by atoms with Crippen molar-refractivity contribution in [1.82, 2.24) is 10.1 Å². The second-order valence-electron chi connectivity index (χ2n) is 3.99. The fourth-order valence-electron chi connectivity index (χ4n) is 1.76. The molecule has 15 heavy (non-hydrogen) atoms. The van der Waals surface area contributed by atoms with E-state index in [9.17, 15) is 0 Å². The molecule has 0 amide bonds. The van der Waals surface area contributed by atoms with Gasteiger partial charge >= 0.3 is 0 Å². The number of hydrogen-bond donors (Lipinski definition) is 0. The molecular formula is C10H15ClN2O2. The van der Waals surface area contributed by atoms with Crippen LogP contribution in [0.3, 0.4) is 0 Å². The van der Waals surface area contributed by atoms with Crippen molar-refractivity contribution >= 4 is 11.6 Å². The molecule has 0 N–H and O–H groups in total. The highest BCUT2D eigenvalue weighted by Crippen LogP contribution is 2.32. The Kier molecular flexibility index (Phi) is 3.26. The topological polar surface area (TPSA) is 48.2 Å². The van der Waals surface area contributed by atoms with E-state index in [1.165, 1.54) is 0 Å². The molecular weight excluding hydrogens is 216 g/mol. The Labute approximate surface area is 93.9 Å². The zero-order valence-electron chi connectivity index (χ0n) is 8.83. The minimum absolute atomic E-state index is 0.369. The molecule has 2 heterocycles. The monoisotopic (exact) mass is 230 g/mol. The van der Waals surface area contributed by atoms with Gasteiger partial charge in [-0.05, 0) is 26.2 Å². The normalized spacial score (nSPS) is 26.8. The number of nitrogens with zero attached hydrogens (tertiary/aromatic N) is 2. The molecule has 1 atom stereocenters. The average molecular weight is 231 g/mol. The first-order valence-corrected chi connectivity index (χ1v) is 5.81. The first-order chi connectivity index (χ1) is 7.24. The van der Waals surface area contributed by atoms with Gasteiger partial charge in [-0.1, -0.05) is 5.16 Å². The van der Waals surface area contributed by atoms with Crippen LogP contribution in [0.2, 0.25) is 0 Å². The summed E-state index contributed by atoms with van der Waals surface area (Å²) in [6.45, 7) is 2.79. The SMILES string of the molecule is CC1(c2noc(CCCl)n2)CCCCO1. The van der Waals surface area contributed by atoms with Gasteiger partial charge in [-0.25, -0.2) is 0 Å². The summed E-state index contributed by atoms with van der Waals surface area (Å²) in [7, 11) is 0. The molecule has 0 bridgehead atoms. The Balaban J connectivity index is 2.12. The van der Waals surface area contributed by atoms with Gasteiger partial charge in [0.15, 0.2) is 0 Å². The average Bonchev–Trinajstić information content (AvgIpc) is 2.69. The van der Waals surface area contributed by atoms with Crippen LogP contribution < -0.4 is 0 Å². The third-order valence-electron chi connectivity index (χ3n) is 2.72. The van der Waals surface area contributed by atoms with Crippen LogP contribution in [0.25, 0.3) is 0 Å². The zero-order chi connectivity index (χ0) is 10.7. The molecule has 1 aromatic heterocycles. The van der Waals surface area contributed by atoms with Gasteiger partial charge in [0.05, 0.1) is 0 Å². The van der Waals surface area contributed by atoms with Gasteiger partial charge in [0.2, 0.25) is 11.7 Å². The van der Waals surface area contributed by atoms with Crippen LogP contribution in [0.15, 0.2) is 4.52 Å². The van der Waals surface area contributed by atoms with Gasteiger partial charge < -0.3 is 9.26 Å². The molecule has 5 heteroatoms. The lowest BCUT2D eigenvalue weighted by atomic mass is 9.95. The second kappa shape index (κ2) is 4.49. The van der Waals surface area contributed by atoms with Crippen molar-refractivity contribution in [1.29, 1.82) is 0 Å². The minimum atomic E-state index is -0.369. The van der Waals surface area contributed by atoms with Crippen LogP contribution >= 0.6 is 11.6 Å². The van der Waals surface area contributed by atoms with E-state index in [0.717, 1.165) is 25.9 Å². The van der Waals surface area contributed by atoms with Crippen LogP contribution in [-0.4, -0.2) is 22.6 Å². The molecule has 1 fully saturated rings. The number of rotatable bonds is 3. The van der Waals surface area contributed by atoms with Crippen molar-refractivity contribution in [3.05, 3.63) is 11.7 Å². The number of aryl methyl sites for hydroxylation is 1. The summed E-state index contributed by atoms with van der Waals surface area (Å²) >= 11 is 5.61. The molecule has 0 aromatic carbocycles. The molecule has 1 unspecified atom stereocenters. The predicted octanol–water partition coefficient (Wildman–Crippen LogP) is 2.27. The molecule has 0 aliphatic carbocycles. The molecule has 2 rings (SSSR count). The van der Waals surface area contributed by atoms with Crippen molar-refractivity contribution in [2.24, 2.45) is 0 Å². The molecule has 84 valence electrons. The standard InChI is InChI=1S/C10H15ClN2O2/c1-10(5-2-3-7-14-10)9-12-8(4-6-11)15-13-9/h2-7H2,1H3. The molecule has 4 nitrogen and oxygen atoms in total. The highest BCUT2D eigenvalue weighted by Gasteiger charge is 2.34. The van der Waals surface area contributed by atoms with E-state index in [1.807, 2.05) is 6.92 Å². The second-order valence-corrected chi connectivity index (χ2v) is 4.37. The van der Waals surface area contributed by atoms with Gasteiger partial charge in [0.1, 0.15) is 5.60 Å². The van der Waals surface area contributed by atoms with Crippen LogP contribution in [0.5, 0.6) is 0 Å². The first kappa shape index (κ1) is 10.9. The highest BCUT2D eigenvalue weighted by molar-refractivity contribution is 6.17. The number of aromatic nitrogens is 2. The number of alkyl halides is 1. The summed E-state index contributed by atoms with van der Waals surface area (Å²) in [4.78, 5) is 4.31. The number of hydrogen-bond acceptors (Lipinski definition) is 4. The Bertz CT molecular complexity index is 321. The van der Waals surface area contributed by atoms with E-state index in [2.05, 4.69) is 10.1 Å². The van der Waals surface area contributed by atoms with E-state index in [4.69, 9.17) is 20.9 Å². The lowest BCUT2D eigenvalue weighted by Gasteiger charge is -2.30. The molecule has 1 aliphatic rings. The summed E-state index contributed by atoms with van der Waals surface area (Å²) in [5.41, 5.74) is -0.369. The Hall–Kier alpha value is -0.610. The highest BCUT2D eigenvalue weighted by atomic mass is 35.5. The third-order valence-corrected chi connectivity index (χ3v) is 2.91. The molecule has 1 aliphatic heterocycles. The minimum Gasteiger partial charge on any atom is -0.367 e. The van der Waals surface area contributed by atoms with Crippen LogP contribution in [-0.2, 0) is 16.8 Å². The van der Waals surface area contributed by atoms with Gasteiger partial charge in [-0.2, -0.15) is 4.98 Å². The van der Waals surface area contributed by atoms with Crippen LogP contribution in [0.4, 0.5) is 0 Å². The molecule has 0 saturated carbocycles. The zero-order valence-corrected chi connectivity index (χ0v) is 9.59. The van der Waals surface area contributed by atoms with Crippen molar-refractivity contribution in [2.75, 3.05) is 12.5 Å². The van der Waals surface area contributed by atoms with E-state index in [1.54, 1.807) is 0 Å². The fraction of sp³-hybridized carbons (Fsp3) is 0.800. The summed E-state index contributed by atoms with van der Waals surface area (Å²) in [6.07, 6.45) is 3.83.